The number of hydrogen-bond donors (Lipinski definition) is 2. The summed E-state index contributed by atoms with van der Waals surface area (Å²) >= 11 is 0. The van der Waals surface area contributed by atoms with Crippen LogP contribution in [0, 0.1) is 0 Å². The molecule has 2 N–H and O–H groups in total. The first-order chi connectivity index (χ1) is 11.7. The summed E-state index contributed by atoms with van der Waals surface area (Å²) in [7, 11) is 0. The number of hydrogen-bond acceptors (Lipinski definition) is 3. The van der Waals surface area contributed by atoms with Crippen molar-refractivity contribution >= 4 is 11.8 Å². The summed E-state index contributed by atoms with van der Waals surface area (Å²) in [6.45, 7) is 0.920. The van der Waals surface area contributed by atoms with E-state index in [1.807, 2.05) is 60.7 Å². The summed E-state index contributed by atoms with van der Waals surface area (Å²) in [6.07, 6.45) is 0.936. The lowest BCUT2D eigenvalue weighted by molar-refractivity contribution is -0.126. The molecule has 0 saturated heterocycles. The van der Waals surface area contributed by atoms with Gasteiger partial charge in [-0.15, -0.1) is 0 Å². The van der Waals surface area contributed by atoms with Crippen molar-refractivity contribution in [3.63, 3.8) is 0 Å². The first-order valence-corrected chi connectivity index (χ1v) is 7.99. The zero-order valence-electron chi connectivity index (χ0n) is 13.5. The van der Waals surface area contributed by atoms with Crippen LogP contribution >= 0.6 is 0 Å². The second-order valence-corrected chi connectivity index (χ2v) is 5.30. The van der Waals surface area contributed by atoms with Gasteiger partial charge in [-0.2, -0.15) is 0 Å². The highest BCUT2D eigenvalue weighted by Gasteiger charge is 2.05. The summed E-state index contributed by atoms with van der Waals surface area (Å²) in [5, 5.41) is 5.38. The smallest absolute Gasteiger partial charge is 0.239 e. The van der Waals surface area contributed by atoms with Crippen LogP contribution in [0.15, 0.2) is 60.7 Å². The maximum atomic E-state index is 11.7. The minimum Gasteiger partial charge on any atom is -0.494 e. The predicted molar refractivity (Wildman–Crippen MR) is 92.5 cm³/mol. The second-order valence-electron chi connectivity index (χ2n) is 5.30. The number of nitrogens with one attached hydrogen (secondary N) is 2. The number of carbonyl (C=O) groups is 2. The Hall–Kier alpha value is -2.82. The van der Waals surface area contributed by atoms with Gasteiger partial charge in [0.1, 0.15) is 5.75 Å². The van der Waals surface area contributed by atoms with E-state index >= 15 is 0 Å². The molecule has 0 spiro atoms. The third kappa shape index (κ3) is 6.96. The van der Waals surface area contributed by atoms with E-state index in [2.05, 4.69) is 10.6 Å². The van der Waals surface area contributed by atoms with Crippen LogP contribution in [0.4, 0.5) is 0 Å². The SMILES string of the molecule is O=C(CCCOc1ccccc1)NCC(=O)NCc1ccccc1. The number of para-hydroxylation sites is 1. The normalized spacial score (nSPS) is 10.0. The molecule has 24 heavy (non-hydrogen) atoms. The Labute approximate surface area is 142 Å². The molecule has 0 fully saturated rings. The highest BCUT2D eigenvalue weighted by molar-refractivity contribution is 5.84. The van der Waals surface area contributed by atoms with Crippen molar-refractivity contribution < 1.29 is 14.3 Å². The molecular weight excluding hydrogens is 304 g/mol. The maximum Gasteiger partial charge on any atom is 0.239 e. The molecule has 5 nitrogen and oxygen atoms in total. The van der Waals surface area contributed by atoms with Gasteiger partial charge in [-0.05, 0) is 24.1 Å². The van der Waals surface area contributed by atoms with Crippen LogP contribution in [0.1, 0.15) is 18.4 Å². The average Bonchev–Trinajstić information content (AvgIpc) is 2.63. The molecule has 0 heterocycles. The molecule has 2 amide bonds. The van der Waals surface area contributed by atoms with Crippen molar-refractivity contribution in [2.45, 2.75) is 19.4 Å². The molecule has 0 bridgehead atoms. The van der Waals surface area contributed by atoms with Crippen LogP contribution in [-0.2, 0) is 16.1 Å². The minimum absolute atomic E-state index is 0.00872. The molecule has 0 aromatic heterocycles. The molecule has 0 unspecified atom stereocenters. The maximum absolute atomic E-state index is 11.7. The van der Waals surface area contributed by atoms with Gasteiger partial charge in [0.2, 0.25) is 11.8 Å². The first kappa shape index (κ1) is 17.5. The molecular formula is C19H22N2O3. The molecule has 126 valence electrons. The molecule has 0 saturated carbocycles. The zero-order chi connectivity index (χ0) is 17.0. The molecule has 0 radical (unpaired) electrons. The van der Waals surface area contributed by atoms with Gasteiger partial charge >= 0.3 is 0 Å². The van der Waals surface area contributed by atoms with Crippen LogP contribution in [-0.4, -0.2) is 25.0 Å². The van der Waals surface area contributed by atoms with Gasteiger partial charge in [0.05, 0.1) is 13.2 Å². The Balaban J connectivity index is 1.53. The third-order valence-electron chi connectivity index (χ3n) is 3.34. The van der Waals surface area contributed by atoms with E-state index < -0.39 is 0 Å². The van der Waals surface area contributed by atoms with E-state index in [4.69, 9.17) is 4.74 Å². The van der Waals surface area contributed by atoms with E-state index in [1.165, 1.54) is 0 Å². The number of carbonyl (C=O) groups excluding carboxylic acids is 2. The fourth-order valence-electron chi connectivity index (χ4n) is 2.07. The van der Waals surface area contributed by atoms with E-state index in [9.17, 15) is 9.59 Å². The Morgan fingerprint density at radius 1 is 0.833 bits per heavy atom. The highest BCUT2D eigenvalue weighted by atomic mass is 16.5. The summed E-state index contributed by atoms with van der Waals surface area (Å²) in [5.41, 5.74) is 1.02. The van der Waals surface area contributed by atoms with Crippen molar-refractivity contribution in [1.29, 1.82) is 0 Å². The predicted octanol–water partition coefficient (Wildman–Crippen LogP) is 2.28. The minimum atomic E-state index is -0.201. The molecule has 2 aromatic carbocycles. The number of benzene rings is 2. The average molecular weight is 326 g/mol. The standard InChI is InChI=1S/C19H22N2O3/c22-18(12-7-13-24-17-10-5-2-6-11-17)21-15-19(23)20-14-16-8-3-1-4-9-16/h1-6,8-11H,7,12-15H2,(H,20,23)(H,21,22). The Morgan fingerprint density at radius 3 is 2.21 bits per heavy atom. The van der Waals surface area contributed by atoms with Gasteiger partial charge in [-0.25, -0.2) is 0 Å². The monoisotopic (exact) mass is 326 g/mol. The van der Waals surface area contributed by atoms with E-state index in [-0.39, 0.29) is 18.4 Å². The zero-order valence-corrected chi connectivity index (χ0v) is 13.5. The molecule has 0 aliphatic rings. The highest BCUT2D eigenvalue weighted by Crippen LogP contribution is 2.08. The molecule has 0 aliphatic carbocycles. The van der Waals surface area contributed by atoms with Crippen molar-refractivity contribution in [2.24, 2.45) is 0 Å². The lowest BCUT2D eigenvalue weighted by Gasteiger charge is -2.08. The second kappa shape index (κ2) is 10.0. The van der Waals surface area contributed by atoms with Crippen molar-refractivity contribution in [1.82, 2.24) is 10.6 Å². The van der Waals surface area contributed by atoms with Gasteiger partial charge in [-0.3, -0.25) is 9.59 Å². The Morgan fingerprint density at radius 2 is 1.50 bits per heavy atom. The fraction of sp³-hybridized carbons (Fsp3) is 0.263. The number of amides is 2. The molecule has 0 atom stereocenters. The summed E-state index contributed by atoms with van der Waals surface area (Å²) in [4.78, 5) is 23.4. The largest absolute Gasteiger partial charge is 0.494 e. The van der Waals surface area contributed by atoms with E-state index in [0.717, 1.165) is 11.3 Å². The van der Waals surface area contributed by atoms with Crippen molar-refractivity contribution in [3.8, 4) is 5.75 Å². The Kier molecular flexibility index (Phi) is 7.34. The number of ether oxygens (including phenoxy) is 1. The lowest BCUT2D eigenvalue weighted by Crippen LogP contribution is -2.36. The third-order valence-corrected chi connectivity index (χ3v) is 3.34. The molecule has 5 heteroatoms. The summed E-state index contributed by atoms with van der Waals surface area (Å²) < 4.78 is 5.51. The summed E-state index contributed by atoms with van der Waals surface area (Å²) in [5.74, 6) is 0.437. The van der Waals surface area contributed by atoms with Crippen molar-refractivity contribution in [3.05, 3.63) is 66.2 Å². The van der Waals surface area contributed by atoms with Crippen molar-refractivity contribution in [2.75, 3.05) is 13.2 Å². The molecule has 0 aliphatic heterocycles. The van der Waals surface area contributed by atoms with Gasteiger partial charge in [-0.1, -0.05) is 48.5 Å². The van der Waals surface area contributed by atoms with Crippen LogP contribution in [0.3, 0.4) is 0 Å². The van der Waals surface area contributed by atoms with Crippen LogP contribution < -0.4 is 15.4 Å². The number of rotatable bonds is 9. The van der Waals surface area contributed by atoms with Gasteiger partial charge in [0.25, 0.3) is 0 Å². The van der Waals surface area contributed by atoms with Crippen LogP contribution in [0.25, 0.3) is 0 Å². The van der Waals surface area contributed by atoms with Gasteiger partial charge in [0, 0.05) is 13.0 Å². The van der Waals surface area contributed by atoms with Crippen LogP contribution in [0.5, 0.6) is 5.75 Å². The van der Waals surface area contributed by atoms with Gasteiger partial charge < -0.3 is 15.4 Å². The first-order valence-electron chi connectivity index (χ1n) is 7.99. The van der Waals surface area contributed by atoms with E-state index in [0.29, 0.717) is 26.0 Å². The molecule has 2 aromatic rings. The quantitative estimate of drug-likeness (QED) is 0.695. The molecule has 2 rings (SSSR count). The van der Waals surface area contributed by atoms with Crippen LogP contribution in [0.2, 0.25) is 0 Å². The van der Waals surface area contributed by atoms with Gasteiger partial charge in [0.15, 0.2) is 0 Å². The fourth-order valence-corrected chi connectivity index (χ4v) is 2.07. The lowest BCUT2D eigenvalue weighted by atomic mass is 10.2. The van der Waals surface area contributed by atoms with E-state index in [1.54, 1.807) is 0 Å². The summed E-state index contributed by atoms with van der Waals surface area (Å²) in [6, 6.07) is 19.1. The Bertz CT molecular complexity index is 630. The topological polar surface area (TPSA) is 67.4 Å².